The van der Waals surface area contributed by atoms with Crippen LogP contribution in [0.4, 0.5) is 11.5 Å². The van der Waals surface area contributed by atoms with Crippen molar-refractivity contribution in [1.29, 1.82) is 0 Å². The van der Waals surface area contributed by atoms with Crippen molar-refractivity contribution in [3.8, 4) is 0 Å². The zero-order valence-corrected chi connectivity index (χ0v) is 14.0. The van der Waals surface area contributed by atoms with Gasteiger partial charge in [0, 0.05) is 30.1 Å². The maximum Gasteiger partial charge on any atom is 0.257 e. The minimum atomic E-state index is -0.227. The van der Waals surface area contributed by atoms with Crippen molar-refractivity contribution in [1.82, 2.24) is 4.98 Å². The van der Waals surface area contributed by atoms with E-state index in [4.69, 9.17) is 16.7 Å². The van der Waals surface area contributed by atoms with Crippen molar-refractivity contribution in [3.63, 3.8) is 0 Å². The second-order valence-corrected chi connectivity index (χ2v) is 6.66. The van der Waals surface area contributed by atoms with Crippen LogP contribution in [0.1, 0.15) is 29.6 Å². The molecule has 3 N–H and O–H groups in total. The van der Waals surface area contributed by atoms with Crippen molar-refractivity contribution >= 4 is 29.0 Å². The number of halogens is 1. The lowest BCUT2D eigenvalue weighted by Crippen LogP contribution is -2.18. The smallest absolute Gasteiger partial charge is 0.257 e. The first kappa shape index (κ1) is 16.7. The molecule has 0 aliphatic heterocycles. The lowest BCUT2D eigenvalue weighted by atomic mass is 10.0. The number of benzene rings is 1. The Bertz CT molecular complexity index is 714. The van der Waals surface area contributed by atoms with Gasteiger partial charge in [0.2, 0.25) is 0 Å². The fourth-order valence-corrected chi connectivity index (χ4v) is 2.80. The quantitative estimate of drug-likeness (QED) is 0.717. The van der Waals surface area contributed by atoms with E-state index in [1.165, 1.54) is 0 Å². The first-order valence-electron chi connectivity index (χ1n) is 7.98. The third-order valence-corrected chi connectivity index (χ3v) is 4.59. The summed E-state index contributed by atoms with van der Waals surface area (Å²) in [6.07, 6.45) is 4.65. The molecule has 0 bridgehead atoms. The van der Waals surface area contributed by atoms with Gasteiger partial charge in [0.1, 0.15) is 5.82 Å². The first-order chi connectivity index (χ1) is 11.6. The summed E-state index contributed by atoms with van der Waals surface area (Å²) in [6, 6.07) is 10.5. The molecule has 1 heterocycles. The topological polar surface area (TPSA) is 74.2 Å². The van der Waals surface area contributed by atoms with Crippen LogP contribution in [0.3, 0.4) is 0 Å². The molecule has 6 heteroatoms. The Morgan fingerprint density at radius 2 is 2.12 bits per heavy atom. The van der Waals surface area contributed by atoms with E-state index in [1.54, 1.807) is 42.6 Å². The van der Waals surface area contributed by atoms with Crippen molar-refractivity contribution in [3.05, 3.63) is 53.2 Å². The van der Waals surface area contributed by atoms with Gasteiger partial charge in [0.05, 0.1) is 5.56 Å². The highest BCUT2D eigenvalue weighted by molar-refractivity contribution is 6.30. The van der Waals surface area contributed by atoms with Gasteiger partial charge in [-0.1, -0.05) is 17.7 Å². The molecule has 1 saturated carbocycles. The standard InChI is InChI=1S/C18H20ClN3O2/c19-14-2-1-3-15(10-14)22-17(24)13-4-5-16(20-11-13)21-12-18(6-7-18)8-9-23/h1-5,10-11,23H,6-9,12H2,(H,20,21)(H,22,24). The number of hydrogen-bond acceptors (Lipinski definition) is 4. The molecule has 5 nitrogen and oxygen atoms in total. The molecule has 3 rings (SSSR count). The van der Waals surface area contributed by atoms with Crippen molar-refractivity contribution in [2.45, 2.75) is 19.3 Å². The number of hydrogen-bond donors (Lipinski definition) is 3. The van der Waals surface area contributed by atoms with Gasteiger partial charge in [0.15, 0.2) is 0 Å². The highest BCUT2D eigenvalue weighted by Gasteiger charge is 2.41. The highest BCUT2D eigenvalue weighted by Crippen LogP contribution is 2.48. The van der Waals surface area contributed by atoms with Crippen molar-refractivity contribution in [2.75, 3.05) is 23.8 Å². The number of aromatic nitrogens is 1. The van der Waals surface area contributed by atoms with Crippen LogP contribution >= 0.6 is 11.6 Å². The average molecular weight is 346 g/mol. The molecule has 126 valence electrons. The number of nitrogens with zero attached hydrogens (tertiary/aromatic N) is 1. The van der Waals surface area contributed by atoms with Gasteiger partial charge in [-0.15, -0.1) is 0 Å². The van der Waals surface area contributed by atoms with Gasteiger partial charge >= 0.3 is 0 Å². The molecule has 1 fully saturated rings. The molecule has 0 unspecified atom stereocenters. The van der Waals surface area contributed by atoms with E-state index in [0.717, 1.165) is 31.6 Å². The number of aliphatic hydroxyl groups is 1. The lowest BCUT2D eigenvalue weighted by Gasteiger charge is -2.15. The third-order valence-electron chi connectivity index (χ3n) is 4.35. The second-order valence-electron chi connectivity index (χ2n) is 6.22. The Kier molecular flexibility index (Phi) is 5.02. The monoisotopic (exact) mass is 345 g/mol. The van der Waals surface area contributed by atoms with Gasteiger partial charge in [-0.3, -0.25) is 4.79 Å². The number of anilines is 2. The number of aliphatic hydroxyl groups excluding tert-OH is 1. The number of carbonyl (C=O) groups excluding carboxylic acids is 1. The minimum absolute atomic E-state index is 0.220. The summed E-state index contributed by atoms with van der Waals surface area (Å²) in [4.78, 5) is 16.5. The van der Waals surface area contributed by atoms with Gasteiger partial charge in [-0.2, -0.15) is 0 Å². The van der Waals surface area contributed by atoms with E-state index >= 15 is 0 Å². The predicted molar refractivity (Wildman–Crippen MR) is 95.5 cm³/mol. The molecule has 1 aliphatic rings. The average Bonchev–Trinajstić information content (AvgIpc) is 3.34. The van der Waals surface area contributed by atoms with Crippen LogP contribution in [-0.2, 0) is 0 Å². The first-order valence-corrected chi connectivity index (χ1v) is 8.36. The molecule has 0 saturated heterocycles. The molecular formula is C18H20ClN3O2. The summed E-state index contributed by atoms with van der Waals surface area (Å²) >= 11 is 5.91. The van der Waals surface area contributed by atoms with Gasteiger partial charge in [-0.05, 0) is 55.0 Å². The Labute approximate surface area is 146 Å². The molecule has 24 heavy (non-hydrogen) atoms. The number of amides is 1. The minimum Gasteiger partial charge on any atom is -0.396 e. The van der Waals surface area contributed by atoms with Crippen LogP contribution in [0.25, 0.3) is 0 Å². The Balaban J connectivity index is 1.56. The van der Waals surface area contributed by atoms with Crippen LogP contribution in [0.2, 0.25) is 5.02 Å². The second kappa shape index (κ2) is 7.20. The number of carbonyl (C=O) groups is 1. The van der Waals surface area contributed by atoms with Gasteiger partial charge in [0.25, 0.3) is 5.91 Å². The van der Waals surface area contributed by atoms with Crippen molar-refractivity contribution < 1.29 is 9.90 Å². The van der Waals surface area contributed by atoms with Crippen LogP contribution in [-0.4, -0.2) is 29.1 Å². The normalized spacial score (nSPS) is 14.9. The predicted octanol–water partition coefficient (Wildman–Crippen LogP) is 3.56. The molecule has 0 radical (unpaired) electrons. The molecule has 0 spiro atoms. The zero-order chi connectivity index (χ0) is 17.0. The van der Waals surface area contributed by atoms with E-state index in [2.05, 4.69) is 15.6 Å². The molecule has 2 aromatic rings. The van der Waals surface area contributed by atoms with Gasteiger partial charge in [-0.25, -0.2) is 4.98 Å². The number of rotatable bonds is 7. The van der Waals surface area contributed by atoms with Crippen LogP contribution < -0.4 is 10.6 Å². The fourth-order valence-electron chi connectivity index (χ4n) is 2.61. The lowest BCUT2D eigenvalue weighted by molar-refractivity contribution is 0.102. The Morgan fingerprint density at radius 3 is 2.75 bits per heavy atom. The summed E-state index contributed by atoms with van der Waals surface area (Å²) in [5.41, 5.74) is 1.35. The summed E-state index contributed by atoms with van der Waals surface area (Å²) in [7, 11) is 0. The summed E-state index contributed by atoms with van der Waals surface area (Å²) < 4.78 is 0. The fraction of sp³-hybridized carbons (Fsp3) is 0.333. The van der Waals surface area contributed by atoms with E-state index in [0.29, 0.717) is 16.3 Å². The van der Waals surface area contributed by atoms with Crippen molar-refractivity contribution in [2.24, 2.45) is 5.41 Å². The maximum absolute atomic E-state index is 12.2. The Hall–Kier alpha value is -2.11. The summed E-state index contributed by atoms with van der Waals surface area (Å²) in [6.45, 7) is 1.02. The summed E-state index contributed by atoms with van der Waals surface area (Å²) in [5, 5.41) is 15.7. The van der Waals surface area contributed by atoms with E-state index < -0.39 is 0 Å². The molecule has 1 aromatic heterocycles. The molecule has 1 aliphatic carbocycles. The SMILES string of the molecule is O=C(Nc1cccc(Cl)c1)c1ccc(NCC2(CCO)CC2)nc1. The zero-order valence-electron chi connectivity index (χ0n) is 13.3. The third kappa shape index (κ3) is 4.24. The van der Waals surface area contributed by atoms with E-state index in [9.17, 15) is 4.79 Å². The molecular weight excluding hydrogens is 326 g/mol. The Morgan fingerprint density at radius 1 is 1.29 bits per heavy atom. The van der Waals surface area contributed by atoms with Crippen LogP contribution in [0.5, 0.6) is 0 Å². The highest BCUT2D eigenvalue weighted by atomic mass is 35.5. The van der Waals surface area contributed by atoms with Crippen LogP contribution in [0, 0.1) is 5.41 Å². The largest absolute Gasteiger partial charge is 0.396 e. The maximum atomic E-state index is 12.2. The molecule has 1 aromatic carbocycles. The van der Waals surface area contributed by atoms with Gasteiger partial charge < -0.3 is 15.7 Å². The number of nitrogens with one attached hydrogen (secondary N) is 2. The summed E-state index contributed by atoms with van der Waals surface area (Å²) in [5.74, 6) is 0.508. The molecule has 0 atom stereocenters. The van der Waals surface area contributed by atoms with E-state index in [-0.39, 0.29) is 17.9 Å². The van der Waals surface area contributed by atoms with E-state index in [1.807, 2.05) is 0 Å². The number of pyridine rings is 1. The van der Waals surface area contributed by atoms with Crippen LogP contribution in [0.15, 0.2) is 42.6 Å². The molecule has 1 amide bonds.